The van der Waals surface area contributed by atoms with E-state index in [2.05, 4.69) is 24.0 Å². The van der Waals surface area contributed by atoms with Crippen LogP contribution in [0.5, 0.6) is 0 Å². The standard InChI is InChI=1S/C12H12O/c13-11-7-2-1-4-8-12-9-5-3-6-10-12/h3,5-6,9-11H,1,4,8H2. The lowest BCUT2D eigenvalue weighted by atomic mass is 10.1. The number of carbonyl (C=O) groups excluding carboxylic acids is 1. The normalized spacial score (nSPS) is 8.62. The van der Waals surface area contributed by atoms with Crippen molar-refractivity contribution in [1.29, 1.82) is 0 Å². The highest BCUT2D eigenvalue weighted by molar-refractivity contribution is 5.72. The Hall–Kier alpha value is -1.55. The van der Waals surface area contributed by atoms with E-state index in [9.17, 15) is 4.79 Å². The molecule has 0 radical (unpaired) electrons. The predicted octanol–water partition coefficient (Wildman–Crippen LogP) is 2.21. The van der Waals surface area contributed by atoms with Crippen LogP contribution < -0.4 is 0 Å². The Kier molecular flexibility index (Phi) is 4.42. The highest BCUT2D eigenvalue weighted by Crippen LogP contribution is 2.03. The summed E-state index contributed by atoms with van der Waals surface area (Å²) in [5.41, 5.74) is 1.33. The fourth-order valence-corrected chi connectivity index (χ4v) is 1.14. The van der Waals surface area contributed by atoms with Crippen molar-refractivity contribution in [2.24, 2.45) is 0 Å². The number of carbonyl (C=O) groups is 1. The second-order valence-corrected chi connectivity index (χ2v) is 2.78. The van der Waals surface area contributed by atoms with Crippen molar-refractivity contribution in [3.8, 4) is 11.8 Å². The molecule has 0 amide bonds. The van der Waals surface area contributed by atoms with E-state index in [1.807, 2.05) is 18.2 Å². The Morgan fingerprint density at radius 2 is 2.00 bits per heavy atom. The zero-order valence-corrected chi connectivity index (χ0v) is 7.49. The van der Waals surface area contributed by atoms with E-state index >= 15 is 0 Å². The van der Waals surface area contributed by atoms with Crippen LogP contribution in [-0.4, -0.2) is 6.29 Å². The fraction of sp³-hybridized carbons (Fsp3) is 0.250. The Balaban J connectivity index is 2.24. The van der Waals surface area contributed by atoms with Gasteiger partial charge in [0.1, 0.15) is 0 Å². The molecule has 0 aliphatic carbocycles. The molecule has 0 aromatic heterocycles. The Labute approximate surface area is 78.8 Å². The minimum atomic E-state index is 0.641. The van der Waals surface area contributed by atoms with Crippen molar-refractivity contribution in [3.63, 3.8) is 0 Å². The molecule has 0 aliphatic heterocycles. The predicted molar refractivity (Wildman–Crippen MR) is 53.2 cm³/mol. The van der Waals surface area contributed by atoms with E-state index in [4.69, 9.17) is 0 Å². The van der Waals surface area contributed by atoms with E-state index in [0.29, 0.717) is 6.29 Å². The molecule has 0 aliphatic rings. The second-order valence-electron chi connectivity index (χ2n) is 2.78. The third-order valence-electron chi connectivity index (χ3n) is 1.77. The molecule has 0 unspecified atom stereocenters. The van der Waals surface area contributed by atoms with Gasteiger partial charge in [0.15, 0.2) is 6.29 Å². The van der Waals surface area contributed by atoms with Crippen LogP contribution in [0.1, 0.15) is 18.4 Å². The van der Waals surface area contributed by atoms with Gasteiger partial charge in [0.05, 0.1) is 0 Å². The molecular weight excluding hydrogens is 160 g/mol. The van der Waals surface area contributed by atoms with Gasteiger partial charge in [-0.05, 0) is 24.3 Å². The third-order valence-corrected chi connectivity index (χ3v) is 1.77. The molecular formula is C12H12O. The van der Waals surface area contributed by atoms with Crippen molar-refractivity contribution in [1.82, 2.24) is 0 Å². The Morgan fingerprint density at radius 1 is 1.23 bits per heavy atom. The SMILES string of the molecule is O=CC#CCCCc1ccccc1. The molecule has 1 rings (SSSR count). The molecule has 1 aromatic carbocycles. The van der Waals surface area contributed by atoms with E-state index in [0.717, 1.165) is 19.3 Å². The lowest BCUT2D eigenvalue weighted by Gasteiger charge is -1.96. The summed E-state index contributed by atoms with van der Waals surface area (Å²) in [6.45, 7) is 0. The number of aldehydes is 1. The first-order valence-electron chi connectivity index (χ1n) is 4.39. The van der Waals surface area contributed by atoms with Gasteiger partial charge in [0.25, 0.3) is 0 Å². The van der Waals surface area contributed by atoms with Crippen LogP contribution in [0.3, 0.4) is 0 Å². The molecule has 1 nitrogen and oxygen atoms in total. The first-order valence-corrected chi connectivity index (χ1v) is 4.39. The first kappa shape index (κ1) is 9.54. The largest absolute Gasteiger partial charge is 0.289 e. The molecule has 66 valence electrons. The van der Waals surface area contributed by atoms with E-state index in [-0.39, 0.29) is 0 Å². The van der Waals surface area contributed by atoms with Crippen molar-refractivity contribution < 1.29 is 4.79 Å². The topological polar surface area (TPSA) is 17.1 Å². The van der Waals surface area contributed by atoms with Gasteiger partial charge in [-0.15, -0.1) is 0 Å². The zero-order chi connectivity index (χ0) is 9.36. The van der Waals surface area contributed by atoms with Gasteiger partial charge in [-0.1, -0.05) is 36.3 Å². The van der Waals surface area contributed by atoms with Gasteiger partial charge in [0, 0.05) is 6.42 Å². The van der Waals surface area contributed by atoms with Crippen molar-refractivity contribution in [2.75, 3.05) is 0 Å². The number of hydrogen-bond acceptors (Lipinski definition) is 1. The lowest BCUT2D eigenvalue weighted by Crippen LogP contribution is -1.83. The number of benzene rings is 1. The van der Waals surface area contributed by atoms with Crippen molar-refractivity contribution in [3.05, 3.63) is 35.9 Å². The summed E-state index contributed by atoms with van der Waals surface area (Å²) in [4.78, 5) is 9.86. The molecule has 0 atom stereocenters. The summed E-state index contributed by atoms with van der Waals surface area (Å²) in [6, 6.07) is 10.3. The average molecular weight is 172 g/mol. The summed E-state index contributed by atoms with van der Waals surface area (Å²) in [5.74, 6) is 5.19. The summed E-state index contributed by atoms with van der Waals surface area (Å²) < 4.78 is 0. The Bertz CT molecular complexity index is 303. The van der Waals surface area contributed by atoms with Crippen molar-refractivity contribution in [2.45, 2.75) is 19.3 Å². The molecule has 0 fully saturated rings. The van der Waals surface area contributed by atoms with Crippen LogP contribution in [0.2, 0.25) is 0 Å². The van der Waals surface area contributed by atoms with E-state index in [1.165, 1.54) is 5.56 Å². The van der Waals surface area contributed by atoms with Crippen LogP contribution >= 0.6 is 0 Å². The maximum absolute atomic E-state index is 9.86. The second kappa shape index (κ2) is 6.02. The molecule has 0 spiro atoms. The molecule has 1 heteroatoms. The smallest absolute Gasteiger partial charge is 0.192 e. The summed E-state index contributed by atoms with van der Waals surface area (Å²) in [5, 5.41) is 0. The van der Waals surface area contributed by atoms with Gasteiger partial charge in [-0.2, -0.15) is 0 Å². The monoisotopic (exact) mass is 172 g/mol. The van der Waals surface area contributed by atoms with E-state index in [1.54, 1.807) is 0 Å². The van der Waals surface area contributed by atoms with Crippen LogP contribution in [0.25, 0.3) is 0 Å². The van der Waals surface area contributed by atoms with Crippen LogP contribution in [0, 0.1) is 11.8 Å². The lowest BCUT2D eigenvalue weighted by molar-refractivity contribution is -0.103. The van der Waals surface area contributed by atoms with Crippen LogP contribution in [0.4, 0.5) is 0 Å². The first-order chi connectivity index (χ1) is 6.43. The van der Waals surface area contributed by atoms with Crippen LogP contribution in [0.15, 0.2) is 30.3 Å². The van der Waals surface area contributed by atoms with Crippen LogP contribution in [-0.2, 0) is 11.2 Å². The minimum Gasteiger partial charge on any atom is -0.289 e. The molecule has 0 heterocycles. The number of unbranched alkanes of at least 4 members (excludes halogenated alkanes) is 1. The minimum absolute atomic E-state index is 0.641. The van der Waals surface area contributed by atoms with E-state index < -0.39 is 0 Å². The number of aryl methyl sites for hydroxylation is 1. The number of hydrogen-bond donors (Lipinski definition) is 0. The summed E-state index contributed by atoms with van der Waals surface area (Å²) in [6.07, 6.45) is 3.50. The fourth-order valence-electron chi connectivity index (χ4n) is 1.14. The average Bonchev–Trinajstić information content (AvgIpc) is 2.19. The Morgan fingerprint density at radius 3 is 2.69 bits per heavy atom. The molecule has 0 bridgehead atoms. The molecule has 13 heavy (non-hydrogen) atoms. The van der Waals surface area contributed by atoms with Gasteiger partial charge in [-0.25, -0.2) is 0 Å². The highest BCUT2D eigenvalue weighted by Gasteiger charge is 1.88. The van der Waals surface area contributed by atoms with Crippen molar-refractivity contribution >= 4 is 6.29 Å². The van der Waals surface area contributed by atoms with Gasteiger partial charge >= 0.3 is 0 Å². The quantitative estimate of drug-likeness (QED) is 0.388. The molecule has 0 saturated carbocycles. The zero-order valence-electron chi connectivity index (χ0n) is 7.49. The maximum atomic E-state index is 9.86. The van der Waals surface area contributed by atoms with Gasteiger partial charge < -0.3 is 0 Å². The molecule has 0 saturated heterocycles. The summed E-state index contributed by atoms with van der Waals surface area (Å²) >= 11 is 0. The summed E-state index contributed by atoms with van der Waals surface area (Å²) in [7, 11) is 0. The van der Waals surface area contributed by atoms with Gasteiger partial charge in [0.2, 0.25) is 0 Å². The molecule has 1 aromatic rings. The third kappa shape index (κ3) is 4.12. The van der Waals surface area contributed by atoms with Gasteiger partial charge in [-0.3, -0.25) is 4.79 Å². The number of rotatable bonds is 3. The maximum Gasteiger partial charge on any atom is 0.192 e. The highest BCUT2D eigenvalue weighted by atomic mass is 16.1. The molecule has 0 N–H and O–H groups in total.